The molecule has 1 atom stereocenters. The van der Waals surface area contributed by atoms with Gasteiger partial charge >= 0.3 is 6.18 Å². The van der Waals surface area contributed by atoms with Crippen molar-refractivity contribution in [3.05, 3.63) is 93.9 Å². The van der Waals surface area contributed by atoms with Gasteiger partial charge in [-0.15, -0.1) is 5.10 Å². The summed E-state index contributed by atoms with van der Waals surface area (Å²) >= 11 is 12.5. The van der Waals surface area contributed by atoms with E-state index in [-0.39, 0.29) is 39.0 Å². The number of sulfone groups is 1. The molecular weight excluding hydrogens is 593 g/mol. The molecule has 0 saturated carbocycles. The minimum Gasteiger partial charge on any atom is -0.325 e. The molecule has 0 fully saturated rings. The second-order valence-electron chi connectivity index (χ2n) is 9.14. The molecule has 2 heterocycles. The predicted octanol–water partition coefficient (Wildman–Crippen LogP) is 7.05. The second kappa shape index (κ2) is 10.2. The fourth-order valence-corrected chi connectivity index (χ4v) is 5.70. The molecule has 40 heavy (non-hydrogen) atoms. The van der Waals surface area contributed by atoms with Crippen LogP contribution in [0.25, 0.3) is 22.5 Å². The van der Waals surface area contributed by atoms with E-state index in [2.05, 4.69) is 15.3 Å². The molecule has 0 N–H and O–H groups in total. The number of allylic oxidation sites excluding steroid dienone is 4. The maximum atomic E-state index is 15.8. The van der Waals surface area contributed by atoms with Crippen LogP contribution < -0.4 is 0 Å². The summed E-state index contributed by atoms with van der Waals surface area (Å²) in [6.07, 6.45) is -0.399. The van der Waals surface area contributed by atoms with Gasteiger partial charge in [-0.2, -0.15) is 13.2 Å². The molecule has 1 unspecified atom stereocenters. The summed E-state index contributed by atoms with van der Waals surface area (Å²) < 4.78 is 83.1. The minimum atomic E-state index is -4.71. The van der Waals surface area contributed by atoms with Gasteiger partial charge in [-0.1, -0.05) is 40.5 Å². The van der Waals surface area contributed by atoms with Gasteiger partial charge in [0.2, 0.25) is 0 Å². The van der Waals surface area contributed by atoms with E-state index in [1.807, 2.05) is 0 Å². The van der Waals surface area contributed by atoms with E-state index in [0.717, 1.165) is 12.5 Å². The van der Waals surface area contributed by atoms with Crippen molar-refractivity contribution in [3.63, 3.8) is 0 Å². The normalized spacial score (nSPS) is 16.4. The molecule has 5 rings (SSSR count). The first-order valence-electron chi connectivity index (χ1n) is 11.6. The molecule has 1 aliphatic rings. The smallest absolute Gasteiger partial charge is 0.325 e. The van der Waals surface area contributed by atoms with Crippen molar-refractivity contribution in [1.82, 2.24) is 24.5 Å². The van der Waals surface area contributed by atoms with Crippen LogP contribution in [0.4, 0.5) is 17.6 Å². The van der Waals surface area contributed by atoms with Gasteiger partial charge in [-0.05, 0) is 48.9 Å². The summed E-state index contributed by atoms with van der Waals surface area (Å²) in [6, 6.07) is 9.48. The van der Waals surface area contributed by atoms with Crippen molar-refractivity contribution in [1.29, 1.82) is 0 Å². The van der Waals surface area contributed by atoms with Crippen molar-refractivity contribution in [3.8, 4) is 11.3 Å². The van der Waals surface area contributed by atoms with E-state index in [1.54, 1.807) is 18.2 Å². The molecule has 7 nitrogen and oxygen atoms in total. The lowest BCUT2D eigenvalue weighted by molar-refractivity contribution is -0.141. The van der Waals surface area contributed by atoms with Gasteiger partial charge in [0.25, 0.3) is 0 Å². The van der Waals surface area contributed by atoms with Gasteiger partial charge in [-0.25, -0.2) is 22.5 Å². The maximum absolute atomic E-state index is 15.8. The molecule has 0 aliphatic heterocycles. The maximum Gasteiger partial charge on any atom is 0.434 e. The third-order valence-electron chi connectivity index (χ3n) is 6.42. The topological polar surface area (TPSA) is 82.7 Å². The molecule has 0 radical (unpaired) electrons. The Labute approximate surface area is 236 Å². The third kappa shape index (κ3) is 5.30. The Hall–Kier alpha value is -3.48. The summed E-state index contributed by atoms with van der Waals surface area (Å²) in [5.74, 6) is -0.656. The highest BCUT2D eigenvalue weighted by Gasteiger charge is 2.37. The first-order valence-corrected chi connectivity index (χ1v) is 14.3. The molecule has 2 aromatic carbocycles. The Morgan fingerprint density at radius 3 is 2.50 bits per heavy atom. The number of aryl methyl sites for hydroxylation is 1. The first kappa shape index (κ1) is 28.1. The van der Waals surface area contributed by atoms with E-state index in [4.69, 9.17) is 23.2 Å². The zero-order valence-corrected chi connectivity index (χ0v) is 23.1. The average molecular weight is 612 g/mol. The Morgan fingerprint density at radius 2 is 1.85 bits per heavy atom. The lowest BCUT2D eigenvalue weighted by atomic mass is 9.93. The van der Waals surface area contributed by atoms with E-state index in [9.17, 15) is 21.6 Å². The number of hydrogen-bond donors (Lipinski definition) is 0. The monoisotopic (exact) mass is 611 g/mol. The van der Waals surface area contributed by atoms with Crippen LogP contribution in [-0.2, 0) is 16.0 Å². The molecule has 1 aliphatic carbocycles. The van der Waals surface area contributed by atoms with Crippen molar-refractivity contribution in [2.24, 2.45) is 0 Å². The number of benzene rings is 2. The fourth-order valence-electron chi connectivity index (χ4n) is 4.53. The summed E-state index contributed by atoms with van der Waals surface area (Å²) in [5, 5.41) is 8.79. The average Bonchev–Trinajstić information content (AvgIpc) is 3.50. The Morgan fingerprint density at radius 1 is 1.10 bits per heavy atom. The number of nitrogens with zero attached hydrogens (tertiary/aromatic N) is 5. The second-order valence-corrected chi connectivity index (χ2v) is 12.0. The lowest BCUT2D eigenvalue weighted by Crippen LogP contribution is -2.20. The Kier molecular flexibility index (Phi) is 7.13. The van der Waals surface area contributed by atoms with Gasteiger partial charge in [-0.3, -0.25) is 0 Å². The van der Waals surface area contributed by atoms with Crippen molar-refractivity contribution < 1.29 is 26.0 Å². The van der Waals surface area contributed by atoms with Gasteiger partial charge < -0.3 is 4.57 Å². The fraction of sp³-hybridized carbons (Fsp3) is 0.192. The summed E-state index contributed by atoms with van der Waals surface area (Å²) in [6.45, 7) is 1.39. The van der Waals surface area contributed by atoms with Crippen molar-refractivity contribution >= 4 is 44.3 Å². The number of rotatable bonds is 5. The lowest BCUT2D eigenvalue weighted by Gasteiger charge is -2.28. The van der Waals surface area contributed by atoms with Gasteiger partial charge in [0.05, 0.1) is 33.5 Å². The van der Waals surface area contributed by atoms with Gasteiger partial charge in [0.1, 0.15) is 11.7 Å². The zero-order valence-electron chi connectivity index (χ0n) is 20.8. The van der Waals surface area contributed by atoms with Crippen LogP contribution in [0.5, 0.6) is 0 Å². The van der Waals surface area contributed by atoms with Crippen LogP contribution in [0.2, 0.25) is 10.0 Å². The Balaban J connectivity index is 1.72. The molecule has 0 bridgehead atoms. The molecule has 14 heteroatoms. The number of alkyl halides is 3. The number of imidazole rings is 1. The first-order chi connectivity index (χ1) is 18.7. The van der Waals surface area contributed by atoms with E-state index >= 15 is 4.39 Å². The molecule has 2 aromatic heterocycles. The largest absolute Gasteiger partial charge is 0.434 e. The van der Waals surface area contributed by atoms with E-state index in [1.165, 1.54) is 52.7 Å². The molecule has 0 amide bonds. The van der Waals surface area contributed by atoms with Crippen LogP contribution in [0, 0.1) is 6.92 Å². The van der Waals surface area contributed by atoms with Gasteiger partial charge in [0.15, 0.2) is 15.5 Å². The standard InChI is InChI=1S/C26H19Cl2F4N5O2S/c1-14-34-25(26(30,31)32)13-36(14)22-11-21(29)19(15-4-3-5-17(8-15)40(2,38)39)10-23(22)37-24(12-33-35-37)18-7-6-16(27)9-20(18)28/h3-10,12-13,22H,11H2,1-2H3. The predicted molar refractivity (Wildman–Crippen MR) is 143 cm³/mol. The summed E-state index contributed by atoms with van der Waals surface area (Å²) in [7, 11) is -3.60. The van der Waals surface area contributed by atoms with Crippen LogP contribution >= 0.6 is 23.2 Å². The molecule has 0 saturated heterocycles. The van der Waals surface area contributed by atoms with Crippen LogP contribution in [0.3, 0.4) is 0 Å². The van der Waals surface area contributed by atoms with Crippen molar-refractivity contribution in [2.45, 2.75) is 30.5 Å². The number of hydrogen-bond acceptors (Lipinski definition) is 5. The third-order valence-corrected chi connectivity index (χ3v) is 8.07. The van der Waals surface area contributed by atoms with Crippen LogP contribution in [0.15, 0.2) is 71.7 Å². The number of halogens is 6. The molecule has 0 spiro atoms. The number of aromatic nitrogens is 5. The SMILES string of the molecule is Cc1nc(C(F)(F)F)cn1C1CC(F)=C(c2cccc(S(C)(=O)=O)c2)C=C1n1nncc1-c1ccc(Cl)cc1Cl. The van der Waals surface area contributed by atoms with E-state index in [0.29, 0.717) is 16.3 Å². The van der Waals surface area contributed by atoms with Gasteiger partial charge in [0, 0.05) is 35.0 Å². The minimum absolute atomic E-state index is 0.00439. The molecule has 4 aromatic rings. The summed E-state index contributed by atoms with van der Waals surface area (Å²) in [5.41, 5.74) is 0.298. The highest BCUT2D eigenvalue weighted by Crippen LogP contribution is 2.43. The molecule has 208 valence electrons. The summed E-state index contributed by atoms with van der Waals surface area (Å²) in [4.78, 5) is 3.63. The van der Waals surface area contributed by atoms with Crippen molar-refractivity contribution in [2.75, 3.05) is 6.26 Å². The highest BCUT2D eigenvalue weighted by atomic mass is 35.5. The zero-order chi connectivity index (χ0) is 29.0. The molecular formula is C26H19Cl2F4N5O2S. The Bertz CT molecular complexity index is 1810. The quantitative estimate of drug-likeness (QED) is 0.226. The van der Waals surface area contributed by atoms with Crippen LogP contribution in [-0.4, -0.2) is 39.2 Å². The van der Waals surface area contributed by atoms with E-state index < -0.39 is 33.6 Å². The highest BCUT2D eigenvalue weighted by molar-refractivity contribution is 7.90. The van der Waals surface area contributed by atoms with Crippen LogP contribution in [0.1, 0.15) is 29.5 Å².